The normalized spacial score (nSPS) is 14.7. The van der Waals surface area contributed by atoms with E-state index in [1.807, 2.05) is 20.9 Å². The van der Waals surface area contributed by atoms with Crippen molar-refractivity contribution < 1.29 is 4.74 Å². The minimum absolute atomic E-state index is 0.491. The van der Waals surface area contributed by atoms with Crippen LogP contribution in [0.5, 0.6) is 0 Å². The summed E-state index contributed by atoms with van der Waals surface area (Å²) in [5, 5.41) is 8.46. The molecule has 0 bridgehead atoms. The number of likely N-dealkylation sites (N-methyl/N-ethyl adjacent to an activating group) is 1. The van der Waals surface area contributed by atoms with E-state index in [0.29, 0.717) is 6.54 Å². The lowest BCUT2D eigenvalue weighted by atomic mass is 10.1. The highest BCUT2D eigenvalue weighted by molar-refractivity contribution is 5.50. The average Bonchev–Trinajstić information content (AvgIpc) is 3.21. The Labute approximate surface area is 115 Å². The Bertz CT molecular complexity index is 432. The Morgan fingerprint density at radius 2 is 2.05 bits per heavy atom. The Hall–Kier alpha value is -1.20. The molecule has 1 saturated carbocycles. The molecule has 0 atom stereocenters. The first-order valence-electron chi connectivity index (χ1n) is 6.95. The van der Waals surface area contributed by atoms with Gasteiger partial charge >= 0.3 is 0 Å². The Balaban J connectivity index is 1.93. The molecule has 0 aliphatic heterocycles. The van der Waals surface area contributed by atoms with Crippen LogP contribution in [0.25, 0.3) is 0 Å². The molecule has 5 nitrogen and oxygen atoms in total. The Kier molecular flexibility index (Phi) is 4.71. The molecule has 1 aromatic heterocycles. The second kappa shape index (κ2) is 6.30. The third-order valence-corrected chi connectivity index (χ3v) is 3.75. The van der Waals surface area contributed by atoms with E-state index in [9.17, 15) is 0 Å². The molecule has 0 radical (unpaired) electrons. The summed E-state index contributed by atoms with van der Waals surface area (Å²) >= 11 is 0. The number of hydrogen-bond donors (Lipinski definition) is 1. The molecule has 2 N–H and O–H groups in total. The van der Waals surface area contributed by atoms with Crippen molar-refractivity contribution >= 4 is 5.82 Å². The van der Waals surface area contributed by atoms with Crippen molar-refractivity contribution in [3.05, 3.63) is 16.8 Å². The third kappa shape index (κ3) is 3.64. The first kappa shape index (κ1) is 14.2. The maximum atomic E-state index is 5.84. The van der Waals surface area contributed by atoms with Gasteiger partial charge in [-0.05, 0) is 38.2 Å². The van der Waals surface area contributed by atoms with Gasteiger partial charge in [-0.2, -0.15) is 5.10 Å². The van der Waals surface area contributed by atoms with Crippen molar-refractivity contribution in [3.8, 4) is 0 Å². The molecule has 1 aromatic rings. The van der Waals surface area contributed by atoms with Crippen molar-refractivity contribution in [2.24, 2.45) is 11.7 Å². The first-order chi connectivity index (χ1) is 9.13. The monoisotopic (exact) mass is 264 g/mol. The summed E-state index contributed by atoms with van der Waals surface area (Å²) in [4.78, 5) is 2.08. The van der Waals surface area contributed by atoms with Gasteiger partial charge in [-0.15, -0.1) is 5.10 Å². The highest BCUT2D eigenvalue weighted by atomic mass is 16.5. The number of hydrogen-bond acceptors (Lipinski definition) is 5. The fourth-order valence-corrected chi connectivity index (χ4v) is 2.04. The van der Waals surface area contributed by atoms with Gasteiger partial charge in [0.25, 0.3) is 0 Å². The van der Waals surface area contributed by atoms with E-state index in [2.05, 4.69) is 15.1 Å². The lowest BCUT2D eigenvalue weighted by Gasteiger charge is -2.21. The molecule has 1 aliphatic rings. The molecular weight excluding hydrogens is 240 g/mol. The van der Waals surface area contributed by atoms with Gasteiger partial charge in [-0.1, -0.05) is 0 Å². The molecule has 1 fully saturated rings. The summed E-state index contributed by atoms with van der Waals surface area (Å²) in [5.41, 5.74) is 9.00. The SMILES string of the molecule is Cc1nnc(N(C)CCOCC2CC2)c(CN)c1C. The lowest BCUT2D eigenvalue weighted by Crippen LogP contribution is -2.26. The van der Waals surface area contributed by atoms with Crippen molar-refractivity contribution in [1.82, 2.24) is 10.2 Å². The highest BCUT2D eigenvalue weighted by Gasteiger charge is 2.21. The predicted molar refractivity (Wildman–Crippen MR) is 76.2 cm³/mol. The van der Waals surface area contributed by atoms with Gasteiger partial charge in [0.1, 0.15) is 0 Å². The summed E-state index contributed by atoms with van der Waals surface area (Å²) in [6, 6.07) is 0. The predicted octanol–water partition coefficient (Wildman–Crippen LogP) is 1.41. The minimum atomic E-state index is 0.491. The molecule has 1 heterocycles. The summed E-state index contributed by atoms with van der Waals surface area (Å²) in [6.45, 7) is 6.95. The molecule has 0 saturated heterocycles. The lowest BCUT2D eigenvalue weighted by molar-refractivity contribution is 0.130. The maximum absolute atomic E-state index is 5.84. The average molecular weight is 264 g/mol. The van der Waals surface area contributed by atoms with E-state index >= 15 is 0 Å². The van der Waals surface area contributed by atoms with E-state index in [1.54, 1.807) is 0 Å². The standard InChI is InChI=1S/C14H24N4O/c1-10-11(2)16-17-14(13(10)8-15)18(3)6-7-19-9-12-4-5-12/h12H,4-9,15H2,1-3H3. The fourth-order valence-electron chi connectivity index (χ4n) is 2.04. The number of ether oxygens (including phenoxy) is 1. The molecule has 0 unspecified atom stereocenters. The number of aryl methyl sites for hydroxylation is 1. The largest absolute Gasteiger partial charge is 0.379 e. The van der Waals surface area contributed by atoms with Gasteiger partial charge in [0.05, 0.1) is 12.3 Å². The van der Waals surface area contributed by atoms with Gasteiger partial charge < -0.3 is 15.4 Å². The highest BCUT2D eigenvalue weighted by Crippen LogP contribution is 2.28. The summed E-state index contributed by atoms with van der Waals surface area (Å²) in [7, 11) is 2.01. The van der Waals surface area contributed by atoms with E-state index in [0.717, 1.165) is 48.3 Å². The topological polar surface area (TPSA) is 64.3 Å². The molecule has 0 spiro atoms. The zero-order chi connectivity index (χ0) is 13.8. The molecule has 0 aromatic carbocycles. The van der Waals surface area contributed by atoms with Crippen molar-refractivity contribution in [2.45, 2.75) is 33.2 Å². The molecule has 0 amide bonds. The zero-order valence-electron chi connectivity index (χ0n) is 12.1. The van der Waals surface area contributed by atoms with Gasteiger partial charge in [0.2, 0.25) is 0 Å². The molecular formula is C14H24N4O. The quantitative estimate of drug-likeness (QED) is 0.754. The van der Waals surface area contributed by atoms with Crippen molar-refractivity contribution in [2.75, 3.05) is 31.7 Å². The molecule has 106 valence electrons. The van der Waals surface area contributed by atoms with Gasteiger partial charge in [0.15, 0.2) is 5.82 Å². The van der Waals surface area contributed by atoms with E-state index < -0.39 is 0 Å². The van der Waals surface area contributed by atoms with Crippen LogP contribution in [0, 0.1) is 19.8 Å². The zero-order valence-corrected chi connectivity index (χ0v) is 12.1. The number of nitrogens with zero attached hydrogens (tertiary/aromatic N) is 3. The molecule has 2 rings (SSSR count). The molecule has 5 heteroatoms. The van der Waals surface area contributed by atoms with Gasteiger partial charge in [-0.3, -0.25) is 0 Å². The number of anilines is 1. The van der Waals surface area contributed by atoms with Crippen LogP contribution in [0.15, 0.2) is 0 Å². The van der Waals surface area contributed by atoms with Crippen LogP contribution in [0.1, 0.15) is 29.7 Å². The van der Waals surface area contributed by atoms with Crippen LogP contribution in [0.3, 0.4) is 0 Å². The second-order valence-electron chi connectivity index (χ2n) is 5.36. The smallest absolute Gasteiger partial charge is 0.155 e. The van der Waals surface area contributed by atoms with Gasteiger partial charge in [0, 0.05) is 32.3 Å². The van der Waals surface area contributed by atoms with Crippen LogP contribution >= 0.6 is 0 Å². The van der Waals surface area contributed by atoms with Crippen LogP contribution in [-0.2, 0) is 11.3 Å². The summed E-state index contributed by atoms with van der Waals surface area (Å²) in [5.74, 6) is 1.69. The minimum Gasteiger partial charge on any atom is -0.379 e. The third-order valence-electron chi connectivity index (χ3n) is 3.75. The van der Waals surface area contributed by atoms with Crippen LogP contribution < -0.4 is 10.6 Å². The van der Waals surface area contributed by atoms with Crippen LogP contribution in [0.4, 0.5) is 5.82 Å². The van der Waals surface area contributed by atoms with E-state index in [1.165, 1.54) is 12.8 Å². The second-order valence-corrected chi connectivity index (χ2v) is 5.36. The number of rotatable bonds is 7. The fraction of sp³-hybridized carbons (Fsp3) is 0.714. The summed E-state index contributed by atoms with van der Waals surface area (Å²) in [6.07, 6.45) is 2.66. The van der Waals surface area contributed by atoms with Crippen molar-refractivity contribution in [1.29, 1.82) is 0 Å². The van der Waals surface area contributed by atoms with Gasteiger partial charge in [-0.25, -0.2) is 0 Å². The van der Waals surface area contributed by atoms with E-state index in [4.69, 9.17) is 10.5 Å². The van der Waals surface area contributed by atoms with Crippen LogP contribution in [-0.4, -0.2) is 37.0 Å². The molecule has 19 heavy (non-hydrogen) atoms. The maximum Gasteiger partial charge on any atom is 0.155 e. The Morgan fingerprint density at radius 1 is 1.32 bits per heavy atom. The van der Waals surface area contributed by atoms with Crippen molar-refractivity contribution in [3.63, 3.8) is 0 Å². The van der Waals surface area contributed by atoms with Crippen LogP contribution in [0.2, 0.25) is 0 Å². The number of nitrogens with two attached hydrogens (primary N) is 1. The first-order valence-corrected chi connectivity index (χ1v) is 6.95. The number of aromatic nitrogens is 2. The summed E-state index contributed by atoms with van der Waals surface area (Å²) < 4.78 is 5.66. The Morgan fingerprint density at radius 3 is 2.68 bits per heavy atom. The molecule has 1 aliphatic carbocycles. The van der Waals surface area contributed by atoms with E-state index in [-0.39, 0.29) is 0 Å².